The van der Waals surface area contributed by atoms with E-state index in [2.05, 4.69) is 28.9 Å². The Labute approximate surface area is 102 Å². The molecule has 1 fully saturated rings. The van der Waals surface area contributed by atoms with E-state index in [0.717, 1.165) is 12.4 Å². The van der Waals surface area contributed by atoms with Crippen LogP contribution >= 0.6 is 11.6 Å². The van der Waals surface area contributed by atoms with Crippen molar-refractivity contribution in [3.63, 3.8) is 0 Å². The number of likely N-dealkylation sites (N-methyl/N-ethyl adjacent to an activating group) is 2. The second-order valence-electron chi connectivity index (χ2n) is 4.49. The zero-order chi connectivity index (χ0) is 11.5. The van der Waals surface area contributed by atoms with Gasteiger partial charge >= 0.3 is 0 Å². The zero-order valence-corrected chi connectivity index (χ0v) is 10.6. The highest BCUT2D eigenvalue weighted by atomic mass is 35.5. The van der Waals surface area contributed by atoms with E-state index in [1.165, 1.54) is 19.4 Å². The molecule has 0 saturated carbocycles. The van der Waals surface area contributed by atoms with Crippen molar-refractivity contribution in [2.24, 2.45) is 0 Å². The molecule has 3 nitrogen and oxygen atoms in total. The molecule has 0 spiro atoms. The minimum atomic E-state index is 0.546. The van der Waals surface area contributed by atoms with Crippen molar-refractivity contribution in [2.45, 2.75) is 18.9 Å². The first-order chi connectivity index (χ1) is 7.66. The molecule has 1 aromatic rings. The molecule has 0 bridgehead atoms. The molecule has 0 radical (unpaired) electrons. The molecule has 16 heavy (non-hydrogen) atoms. The number of hydrogen-bond donors (Lipinski definition) is 0. The van der Waals surface area contributed by atoms with Crippen LogP contribution in [0.5, 0.6) is 0 Å². The Morgan fingerprint density at radius 1 is 1.50 bits per heavy atom. The van der Waals surface area contributed by atoms with Crippen LogP contribution in [0.4, 0.5) is 5.82 Å². The molecule has 2 rings (SSSR count). The van der Waals surface area contributed by atoms with Crippen LogP contribution in [0.25, 0.3) is 0 Å². The van der Waals surface area contributed by atoms with Gasteiger partial charge < -0.3 is 9.80 Å². The fraction of sp³-hybridized carbons (Fsp3) is 0.583. The van der Waals surface area contributed by atoms with Crippen LogP contribution in [0.15, 0.2) is 18.2 Å². The number of nitrogens with zero attached hydrogens (tertiary/aromatic N) is 3. The lowest BCUT2D eigenvalue weighted by Gasteiger charge is -2.36. The minimum absolute atomic E-state index is 0.546. The van der Waals surface area contributed by atoms with E-state index in [0.29, 0.717) is 11.2 Å². The summed E-state index contributed by atoms with van der Waals surface area (Å²) in [5.41, 5.74) is 0. The van der Waals surface area contributed by atoms with E-state index in [-0.39, 0.29) is 0 Å². The predicted molar refractivity (Wildman–Crippen MR) is 68.2 cm³/mol. The molecule has 0 amide bonds. The summed E-state index contributed by atoms with van der Waals surface area (Å²) in [4.78, 5) is 8.95. The smallest absolute Gasteiger partial charge is 0.131 e. The highest BCUT2D eigenvalue weighted by Crippen LogP contribution is 2.20. The van der Waals surface area contributed by atoms with Gasteiger partial charge in [-0.15, -0.1) is 0 Å². The monoisotopic (exact) mass is 239 g/mol. The lowest BCUT2D eigenvalue weighted by atomic mass is 10.1. The Morgan fingerprint density at radius 3 is 3.00 bits per heavy atom. The van der Waals surface area contributed by atoms with Gasteiger partial charge in [-0.3, -0.25) is 0 Å². The third-order valence-corrected chi connectivity index (χ3v) is 3.42. The Bertz CT molecular complexity index is 356. The number of likely N-dealkylation sites (tertiary alicyclic amines) is 1. The van der Waals surface area contributed by atoms with E-state index in [4.69, 9.17) is 11.6 Å². The maximum absolute atomic E-state index is 5.91. The first-order valence-corrected chi connectivity index (χ1v) is 6.08. The quantitative estimate of drug-likeness (QED) is 0.739. The van der Waals surface area contributed by atoms with Crippen molar-refractivity contribution in [2.75, 3.05) is 32.1 Å². The van der Waals surface area contributed by atoms with Crippen molar-refractivity contribution < 1.29 is 0 Å². The Kier molecular flexibility index (Phi) is 3.66. The van der Waals surface area contributed by atoms with E-state index in [9.17, 15) is 0 Å². The Balaban J connectivity index is 2.09. The van der Waals surface area contributed by atoms with Crippen molar-refractivity contribution in [3.05, 3.63) is 23.4 Å². The van der Waals surface area contributed by atoms with Gasteiger partial charge in [-0.05, 0) is 38.6 Å². The molecular weight excluding hydrogens is 222 g/mol. The van der Waals surface area contributed by atoms with E-state index >= 15 is 0 Å². The van der Waals surface area contributed by atoms with Crippen molar-refractivity contribution in [1.29, 1.82) is 0 Å². The lowest BCUT2D eigenvalue weighted by Crippen LogP contribution is -2.45. The normalized spacial score (nSPS) is 22.1. The Morgan fingerprint density at radius 2 is 2.31 bits per heavy atom. The van der Waals surface area contributed by atoms with Crippen LogP contribution in [0.3, 0.4) is 0 Å². The zero-order valence-electron chi connectivity index (χ0n) is 9.86. The molecule has 1 aliphatic heterocycles. The SMILES string of the molecule is CN1CCCC(N(C)c2cccc(Cl)n2)C1. The molecule has 1 aliphatic rings. The summed E-state index contributed by atoms with van der Waals surface area (Å²) in [5, 5.41) is 0.563. The van der Waals surface area contributed by atoms with Crippen LogP contribution in [0.2, 0.25) is 5.15 Å². The molecule has 0 aliphatic carbocycles. The van der Waals surface area contributed by atoms with Crippen molar-refractivity contribution in [3.8, 4) is 0 Å². The molecule has 1 unspecified atom stereocenters. The average molecular weight is 240 g/mol. The molecular formula is C12H18ClN3. The number of hydrogen-bond acceptors (Lipinski definition) is 3. The topological polar surface area (TPSA) is 19.4 Å². The number of halogens is 1. The van der Waals surface area contributed by atoms with Crippen molar-refractivity contribution in [1.82, 2.24) is 9.88 Å². The van der Waals surface area contributed by atoms with Gasteiger partial charge in [0.15, 0.2) is 0 Å². The van der Waals surface area contributed by atoms with Gasteiger partial charge in [-0.25, -0.2) is 4.98 Å². The predicted octanol–water partition coefficient (Wildman–Crippen LogP) is 2.27. The van der Waals surface area contributed by atoms with E-state index in [1.807, 2.05) is 18.2 Å². The number of pyridine rings is 1. The summed E-state index contributed by atoms with van der Waals surface area (Å²) in [5.74, 6) is 0.966. The largest absolute Gasteiger partial charge is 0.355 e. The number of rotatable bonds is 2. The molecule has 1 aromatic heterocycles. The van der Waals surface area contributed by atoms with Gasteiger partial charge in [0.25, 0.3) is 0 Å². The van der Waals surface area contributed by atoms with Gasteiger partial charge in [-0.2, -0.15) is 0 Å². The Hall–Kier alpha value is -0.800. The summed E-state index contributed by atoms with van der Waals surface area (Å²) in [7, 11) is 4.27. The maximum Gasteiger partial charge on any atom is 0.131 e. The standard InChI is InChI=1S/C12H18ClN3/c1-15-8-4-5-10(9-15)16(2)12-7-3-6-11(13)14-12/h3,6-7,10H,4-5,8-9H2,1-2H3. The van der Waals surface area contributed by atoms with Gasteiger partial charge in [0.05, 0.1) is 0 Å². The number of aromatic nitrogens is 1. The first-order valence-electron chi connectivity index (χ1n) is 5.71. The third kappa shape index (κ3) is 2.66. The summed E-state index contributed by atoms with van der Waals surface area (Å²) in [6, 6.07) is 6.32. The van der Waals surface area contributed by atoms with Crippen molar-refractivity contribution >= 4 is 17.4 Å². The highest BCUT2D eigenvalue weighted by molar-refractivity contribution is 6.29. The molecule has 4 heteroatoms. The fourth-order valence-corrected chi connectivity index (χ4v) is 2.40. The second-order valence-corrected chi connectivity index (χ2v) is 4.87. The van der Waals surface area contributed by atoms with E-state index < -0.39 is 0 Å². The fourth-order valence-electron chi connectivity index (χ4n) is 2.24. The molecule has 0 N–H and O–H groups in total. The van der Waals surface area contributed by atoms with Crippen LogP contribution in [-0.4, -0.2) is 43.1 Å². The minimum Gasteiger partial charge on any atom is -0.355 e. The lowest BCUT2D eigenvalue weighted by molar-refractivity contribution is 0.247. The van der Waals surface area contributed by atoms with Crippen LogP contribution in [0, 0.1) is 0 Å². The van der Waals surface area contributed by atoms with Crippen LogP contribution < -0.4 is 4.90 Å². The number of anilines is 1. The molecule has 88 valence electrons. The van der Waals surface area contributed by atoms with Crippen LogP contribution in [-0.2, 0) is 0 Å². The summed E-state index contributed by atoms with van der Waals surface area (Å²) in [6.07, 6.45) is 2.49. The molecule has 0 aromatic carbocycles. The second kappa shape index (κ2) is 5.02. The highest BCUT2D eigenvalue weighted by Gasteiger charge is 2.21. The van der Waals surface area contributed by atoms with Crippen LogP contribution in [0.1, 0.15) is 12.8 Å². The first kappa shape index (κ1) is 11.7. The maximum atomic E-state index is 5.91. The molecule has 1 atom stereocenters. The van der Waals surface area contributed by atoms with Gasteiger partial charge in [-0.1, -0.05) is 17.7 Å². The van der Waals surface area contributed by atoms with E-state index in [1.54, 1.807) is 0 Å². The summed E-state index contributed by atoms with van der Waals surface area (Å²) < 4.78 is 0. The number of piperidine rings is 1. The third-order valence-electron chi connectivity index (χ3n) is 3.21. The van der Waals surface area contributed by atoms with Gasteiger partial charge in [0.1, 0.15) is 11.0 Å². The van der Waals surface area contributed by atoms with Gasteiger partial charge in [0.2, 0.25) is 0 Å². The summed E-state index contributed by atoms with van der Waals surface area (Å²) >= 11 is 5.91. The van der Waals surface area contributed by atoms with Gasteiger partial charge in [0, 0.05) is 19.6 Å². The molecule has 2 heterocycles. The molecule has 1 saturated heterocycles. The average Bonchev–Trinajstić information content (AvgIpc) is 2.28. The summed E-state index contributed by atoms with van der Waals surface area (Å²) in [6.45, 7) is 2.30.